The van der Waals surface area contributed by atoms with Crippen molar-refractivity contribution in [3.05, 3.63) is 29.8 Å². The van der Waals surface area contributed by atoms with Crippen LogP contribution < -0.4 is 9.62 Å². The molecule has 6 heteroatoms. The number of hydrogen-bond acceptors (Lipinski definition) is 3. The molecule has 0 radical (unpaired) electrons. The Morgan fingerprint density at radius 3 is 2.57 bits per heavy atom. The molecule has 0 unspecified atom stereocenters. The number of nitrogens with one attached hydrogen (secondary N) is 1. The predicted octanol–water partition coefficient (Wildman–Crippen LogP) is 1.68. The second-order valence-electron chi connectivity index (χ2n) is 5.41. The lowest BCUT2D eigenvalue weighted by molar-refractivity contribution is -0.121. The second kappa shape index (κ2) is 6.47. The topological polar surface area (TPSA) is 66.5 Å². The fourth-order valence-electron chi connectivity index (χ4n) is 2.25. The van der Waals surface area contributed by atoms with Gasteiger partial charge in [-0.25, -0.2) is 8.42 Å². The summed E-state index contributed by atoms with van der Waals surface area (Å²) in [6.45, 7) is 2.16. The molecule has 0 aromatic heterocycles. The van der Waals surface area contributed by atoms with Crippen LogP contribution in [-0.4, -0.2) is 33.2 Å². The van der Waals surface area contributed by atoms with Crippen molar-refractivity contribution in [2.45, 2.75) is 38.6 Å². The molecule has 0 spiro atoms. The number of carbonyl (C=O) groups excluding carboxylic acids is 1. The molecule has 1 aliphatic rings. The Morgan fingerprint density at radius 2 is 2.00 bits per heavy atom. The molecule has 1 aliphatic carbocycles. The molecule has 2 rings (SSSR count). The van der Waals surface area contributed by atoms with Gasteiger partial charge in [0, 0.05) is 19.0 Å². The molecule has 0 saturated heterocycles. The third kappa shape index (κ3) is 4.46. The summed E-state index contributed by atoms with van der Waals surface area (Å²) < 4.78 is 25.4. The van der Waals surface area contributed by atoms with E-state index in [1.165, 1.54) is 10.6 Å². The van der Waals surface area contributed by atoms with Gasteiger partial charge in [-0.3, -0.25) is 9.10 Å². The molecule has 0 aliphatic heterocycles. The van der Waals surface area contributed by atoms with Crippen molar-refractivity contribution in [2.75, 3.05) is 17.1 Å². The summed E-state index contributed by atoms with van der Waals surface area (Å²) in [7, 11) is -3.41. The third-order valence-electron chi connectivity index (χ3n) is 3.53. The Bertz CT molecular complexity index is 609. The van der Waals surface area contributed by atoms with E-state index in [2.05, 4.69) is 5.32 Å². The summed E-state index contributed by atoms with van der Waals surface area (Å²) in [6.07, 6.45) is 4.16. The maximum Gasteiger partial charge on any atom is 0.232 e. The standard InChI is InChI=1S/C15H22N2O3S/c1-3-12-6-4-5-7-14(12)17(21(2,19)20)11-10-15(18)16-13-8-9-13/h4-7,13H,3,8-11H2,1-2H3,(H,16,18). The normalized spacial score (nSPS) is 14.8. The third-order valence-corrected chi connectivity index (χ3v) is 4.71. The summed E-state index contributed by atoms with van der Waals surface area (Å²) in [5, 5.41) is 2.88. The lowest BCUT2D eigenvalue weighted by atomic mass is 10.1. The maximum atomic E-state index is 12.0. The van der Waals surface area contributed by atoms with Gasteiger partial charge in [-0.1, -0.05) is 25.1 Å². The Morgan fingerprint density at radius 1 is 1.33 bits per heavy atom. The molecule has 116 valence electrons. The van der Waals surface area contributed by atoms with Crippen molar-refractivity contribution in [3.63, 3.8) is 0 Å². The summed E-state index contributed by atoms with van der Waals surface area (Å²) in [4.78, 5) is 11.8. The average Bonchev–Trinajstić information content (AvgIpc) is 3.21. The Labute approximate surface area is 126 Å². The van der Waals surface area contributed by atoms with Gasteiger partial charge in [-0.05, 0) is 30.9 Å². The van der Waals surface area contributed by atoms with Crippen molar-refractivity contribution < 1.29 is 13.2 Å². The zero-order chi connectivity index (χ0) is 15.5. The SMILES string of the molecule is CCc1ccccc1N(CCC(=O)NC1CC1)S(C)(=O)=O. The molecule has 5 nitrogen and oxygen atoms in total. The first-order chi connectivity index (χ1) is 9.91. The Hall–Kier alpha value is -1.56. The van der Waals surface area contributed by atoms with Crippen LogP contribution in [0.4, 0.5) is 5.69 Å². The van der Waals surface area contributed by atoms with Gasteiger partial charge < -0.3 is 5.32 Å². The largest absolute Gasteiger partial charge is 0.353 e. The van der Waals surface area contributed by atoms with E-state index >= 15 is 0 Å². The van der Waals surface area contributed by atoms with Crippen molar-refractivity contribution in [3.8, 4) is 0 Å². The first-order valence-corrected chi connectivity index (χ1v) is 9.11. The van der Waals surface area contributed by atoms with Crippen LogP contribution in [0.15, 0.2) is 24.3 Å². The summed E-state index contributed by atoms with van der Waals surface area (Å²) in [6, 6.07) is 7.71. The molecular weight excluding hydrogens is 288 g/mol. The Kier molecular flexibility index (Phi) is 4.88. The van der Waals surface area contributed by atoms with E-state index in [9.17, 15) is 13.2 Å². The molecule has 1 aromatic carbocycles. The number of anilines is 1. The van der Waals surface area contributed by atoms with Crippen molar-refractivity contribution in [1.29, 1.82) is 0 Å². The van der Waals surface area contributed by atoms with Gasteiger partial charge in [-0.15, -0.1) is 0 Å². The highest BCUT2D eigenvalue weighted by Gasteiger charge is 2.25. The number of carbonyl (C=O) groups is 1. The Balaban J connectivity index is 2.12. The predicted molar refractivity (Wildman–Crippen MR) is 83.8 cm³/mol. The monoisotopic (exact) mass is 310 g/mol. The van der Waals surface area contributed by atoms with E-state index < -0.39 is 10.0 Å². The van der Waals surface area contributed by atoms with Crippen LogP contribution in [-0.2, 0) is 21.2 Å². The minimum atomic E-state index is -3.41. The average molecular weight is 310 g/mol. The number of rotatable bonds is 7. The smallest absolute Gasteiger partial charge is 0.232 e. The molecule has 1 saturated carbocycles. The van der Waals surface area contributed by atoms with Gasteiger partial charge in [0.25, 0.3) is 0 Å². The summed E-state index contributed by atoms with van der Waals surface area (Å²) in [5.74, 6) is -0.0832. The van der Waals surface area contributed by atoms with Gasteiger partial charge in [0.15, 0.2) is 0 Å². The minimum absolute atomic E-state index is 0.0832. The number of sulfonamides is 1. The lowest BCUT2D eigenvalue weighted by Crippen LogP contribution is -2.35. The molecule has 1 fully saturated rings. The first-order valence-electron chi connectivity index (χ1n) is 7.26. The highest BCUT2D eigenvalue weighted by molar-refractivity contribution is 7.92. The van der Waals surface area contributed by atoms with Gasteiger partial charge >= 0.3 is 0 Å². The summed E-state index contributed by atoms with van der Waals surface area (Å²) in [5.41, 5.74) is 1.63. The fourth-order valence-corrected chi connectivity index (χ4v) is 3.21. The van der Waals surface area contributed by atoms with Gasteiger partial charge in [0.1, 0.15) is 0 Å². The summed E-state index contributed by atoms with van der Waals surface area (Å²) >= 11 is 0. The molecule has 1 amide bonds. The number of aryl methyl sites for hydroxylation is 1. The fraction of sp³-hybridized carbons (Fsp3) is 0.533. The quantitative estimate of drug-likeness (QED) is 0.833. The van der Waals surface area contributed by atoms with E-state index in [0.717, 1.165) is 24.8 Å². The van der Waals surface area contributed by atoms with E-state index in [0.29, 0.717) is 11.7 Å². The molecular formula is C15H22N2O3S. The van der Waals surface area contributed by atoms with Gasteiger partial charge in [0.05, 0.1) is 11.9 Å². The van der Waals surface area contributed by atoms with E-state index in [-0.39, 0.29) is 18.9 Å². The molecule has 0 bridgehead atoms. The lowest BCUT2D eigenvalue weighted by Gasteiger charge is -2.24. The molecule has 0 heterocycles. The van der Waals surface area contributed by atoms with Crippen LogP contribution >= 0.6 is 0 Å². The molecule has 1 N–H and O–H groups in total. The zero-order valence-electron chi connectivity index (χ0n) is 12.5. The van der Waals surface area contributed by atoms with Gasteiger partial charge in [0.2, 0.25) is 15.9 Å². The zero-order valence-corrected chi connectivity index (χ0v) is 13.3. The maximum absolute atomic E-state index is 12.0. The second-order valence-corrected chi connectivity index (χ2v) is 7.32. The van der Waals surface area contributed by atoms with Crippen molar-refractivity contribution in [1.82, 2.24) is 5.32 Å². The van der Waals surface area contributed by atoms with E-state index in [4.69, 9.17) is 0 Å². The van der Waals surface area contributed by atoms with Crippen LogP contribution in [0.25, 0.3) is 0 Å². The molecule has 21 heavy (non-hydrogen) atoms. The highest BCUT2D eigenvalue weighted by atomic mass is 32.2. The number of para-hydroxylation sites is 1. The number of nitrogens with zero attached hydrogens (tertiary/aromatic N) is 1. The van der Waals surface area contributed by atoms with E-state index in [1.54, 1.807) is 6.07 Å². The van der Waals surface area contributed by atoms with E-state index in [1.807, 2.05) is 25.1 Å². The number of hydrogen-bond donors (Lipinski definition) is 1. The van der Waals surface area contributed by atoms with Crippen LogP contribution in [0.2, 0.25) is 0 Å². The molecule has 0 atom stereocenters. The number of benzene rings is 1. The highest BCUT2D eigenvalue weighted by Crippen LogP contribution is 2.24. The van der Waals surface area contributed by atoms with Crippen LogP contribution in [0.5, 0.6) is 0 Å². The minimum Gasteiger partial charge on any atom is -0.353 e. The van der Waals surface area contributed by atoms with Crippen molar-refractivity contribution >= 4 is 21.6 Å². The van der Waals surface area contributed by atoms with Crippen molar-refractivity contribution in [2.24, 2.45) is 0 Å². The van der Waals surface area contributed by atoms with Crippen LogP contribution in [0, 0.1) is 0 Å². The first kappa shape index (κ1) is 15.8. The molecule has 1 aromatic rings. The van der Waals surface area contributed by atoms with Crippen LogP contribution in [0.3, 0.4) is 0 Å². The number of amides is 1. The van der Waals surface area contributed by atoms with Gasteiger partial charge in [-0.2, -0.15) is 0 Å². The van der Waals surface area contributed by atoms with Crippen LogP contribution in [0.1, 0.15) is 31.7 Å².